The molecular weight excluding hydrogens is 336 g/mol. The number of pyridine rings is 1. The van der Waals surface area contributed by atoms with E-state index in [0.29, 0.717) is 6.54 Å². The standard InChI is InChI=1S/C16H18BrClN2/c1-11(10-19)16(2,12-6-8-13(18)9-7-12)14-4-3-5-15(17)20-14/h3-9,11H,10,19H2,1-2H3. The van der Waals surface area contributed by atoms with Gasteiger partial charge in [-0.3, -0.25) is 0 Å². The van der Waals surface area contributed by atoms with Crippen molar-refractivity contribution in [3.63, 3.8) is 0 Å². The van der Waals surface area contributed by atoms with E-state index >= 15 is 0 Å². The molecule has 0 aliphatic rings. The molecule has 2 nitrogen and oxygen atoms in total. The first-order valence-corrected chi connectivity index (χ1v) is 7.74. The van der Waals surface area contributed by atoms with Crippen molar-refractivity contribution in [3.8, 4) is 0 Å². The molecule has 2 aromatic rings. The van der Waals surface area contributed by atoms with E-state index in [1.807, 2.05) is 30.3 Å². The highest BCUT2D eigenvalue weighted by molar-refractivity contribution is 9.10. The van der Waals surface area contributed by atoms with Gasteiger partial charge in [0.2, 0.25) is 0 Å². The Balaban J connectivity index is 2.59. The van der Waals surface area contributed by atoms with E-state index in [4.69, 9.17) is 17.3 Å². The second-order valence-corrected chi connectivity index (χ2v) is 6.44. The molecule has 106 valence electrons. The Morgan fingerprint density at radius 2 is 1.90 bits per heavy atom. The molecule has 0 spiro atoms. The monoisotopic (exact) mass is 352 g/mol. The molecule has 2 rings (SSSR count). The van der Waals surface area contributed by atoms with Crippen molar-refractivity contribution in [2.24, 2.45) is 11.7 Å². The average molecular weight is 354 g/mol. The van der Waals surface area contributed by atoms with E-state index in [0.717, 1.165) is 15.3 Å². The lowest BCUT2D eigenvalue weighted by atomic mass is 9.70. The van der Waals surface area contributed by atoms with Crippen LogP contribution >= 0.6 is 27.5 Å². The van der Waals surface area contributed by atoms with E-state index < -0.39 is 0 Å². The molecule has 4 heteroatoms. The van der Waals surface area contributed by atoms with Crippen LogP contribution in [0.15, 0.2) is 47.1 Å². The summed E-state index contributed by atoms with van der Waals surface area (Å²) >= 11 is 9.44. The van der Waals surface area contributed by atoms with Crippen LogP contribution in [0.5, 0.6) is 0 Å². The van der Waals surface area contributed by atoms with E-state index in [1.165, 1.54) is 5.56 Å². The van der Waals surface area contributed by atoms with E-state index in [1.54, 1.807) is 0 Å². The van der Waals surface area contributed by atoms with Crippen molar-refractivity contribution in [2.75, 3.05) is 6.54 Å². The number of rotatable bonds is 4. The highest BCUT2D eigenvalue weighted by Crippen LogP contribution is 2.38. The smallest absolute Gasteiger partial charge is 0.106 e. The first kappa shape index (κ1) is 15.5. The number of benzene rings is 1. The maximum atomic E-state index is 6.00. The zero-order valence-electron chi connectivity index (χ0n) is 11.6. The van der Waals surface area contributed by atoms with Gasteiger partial charge in [0.05, 0.1) is 5.69 Å². The van der Waals surface area contributed by atoms with Crippen molar-refractivity contribution in [1.82, 2.24) is 4.98 Å². The molecule has 0 bridgehead atoms. The molecule has 0 saturated carbocycles. The van der Waals surface area contributed by atoms with Crippen LogP contribution < -0.4 is 5.73 Å². The van der Waals surface area contributed by atoms with Crippen LogP contribution in [0.4, 0.5) is 0 Å². The lowest BCUT2D eigenvalue weighted by molar-refractivity contribution is 0.373. The quantitative estimate of drug-likeness (QED) is 0.828. The third kappa shape index (κ3) is 2.90. The molecule has 20 heavy (non-hydrogen) atoms. The summed E-state index contributed by atoms with van der Waals surface area (Å²) in [4.78, 5) is 4.64. The van der Waals surface area contributed by atoms with Crippen molar-refractivity contribution in [3.05, 3.63) is 63.3 Å². The minimum absolute atomic E-state index is 0.247. The first-order chi connectivity index (χ1) is 9.48. The van der Waals surface area contributed by atoms with Gasteiger partial charge in [0, 0.05) is 10.4 Å². The van der Waals surface area contributed by atoms with E-state index in [-0.39, 0.29) is 11.3 Å². The minimum atomic E-state index is -0.247. The molecule has 0 fully saturated rings. The largest absolute Gasteiger partial charge is 0.330 e. The predicted molar refractivity (Wildman–Crippen MR) is 88.1 cm³/mol. The third-order valence-corrected chi connectivity index (χ3v) is 4.72. The molecule has 0 radical (unpaired) electrons. The summed E-state index contributed by atoms with van der Waals surface area (Å²) in [6.07, 6.45) is 0. The van der Waals surface area contributed by atoms with Gasteiger partial charge in [0.1, 0.15) is 4.60 Å². The number of halogens is 2. The summed E-state index contributed by atoms with van der Waals surface area (Å²) in [6, 6.07) is 13.9. The molecule has 0 aliphatic heterocycles. The van der Waals surface area contributed by atoms with Crippen LogP contribution in [-0.2, 0) is 5.41 Å². The van der Waals surface area contributed by atoms with Crippen LogP contribution in [0.2, 0.25) is 5.02 Å². The number of hydrogen-bond donors (Lipinski definition) is 1. The van der Waals surface area contributed by atoms with Crippen molar-refractivity contribution >= 4 is 27.5 Å². The molecular formula is C16H18BrClN2. The van der Waals surface area contributed by atoms with Gasteiger partial charge in [-0.25, -0.2) is 4.98 Å². The maximum Gasteiger partial charge on any atom is 0.106 e. The molecule has 0 saturated heterocycles. The zero-order chi connectivity index (χ0) is 14.8. The average Bonchev–Trinajstić information content (AvgIpc) is 2.46. The van der Waals surface area contributed by atoms with Crippen LogP contribution in [0.1, 0.15) is 25.1 Å². The summed E-state index contributed by atoms with van der Waals surface area (Å²) in [5, 5.41) is 0.735. The van der Waals surface area contributed by atoms with Gasteiger partial charge < -0.3 is 5.73 Å². The molecule has 1 aromatic carbocycles. The number of aromatic nitrogens is 1. The Morgan fingerprint density at radius 1 is 1.25 bits per heavy atom. The Labute approximate surface area is 133 Å². The van der Waals surface area contributed by atoms with Gasteiger partial charge >= 0.3 is 0 Å². The Bertz CT molecular complexity index is 585. The van der Waals surface area contributed by atoms with E-state index in [9.17, 15) is 0 Å². The Morgan fingerprint density at radius 3 is 2.45 bits per heavy atom. The van der Waals surface area contributed by atoms with Gasteiger partial charge in [-0.1, -0.05) is 36.7 Å². The molecule has 0 aliphatic carbocycles. The van der Waals surface area contributed by atoms with Gasteiger partial charge in [0.25, 0.3) is 0 Å². The second-order valence-electron chi connectivity index (χ2n) is 5.19. The van der Waals surface area contributed by atoms with Crippen molar-refractivity contribution in [1.29, 1.82) is 0 Å². The van der Waals surface area contributed by atoms with Gasteiger partial charge in [-0.15, -0.1) is 0 Å². The number of hydrogen-bond acceptors (Lipinski definition) is 2. The molecule has 1 aromatic heterocycles. The van der Waals surface area contributed by atoms with Crippen LogP contribution in [0.3, 0.4) is 0 Å². The molecule has 2 unspecified atom stereocenters. The zero-order valence-corrected chi connectivity index (χ0v) is 13.9. The van der Waals surface area contributed by atoms with Gasteiger partial charge in [-0.2, -0.15) is 0 Å². The molecule has 2 atom stereocenters. The van der Waals surface area contributed by atoms with Crippen molar-refractivity contribution in [2.45, 2.75) is 19.3 Å². The summed E-state index contributed by atoms with van der Waals surface area (Å²) in [7, 11) is 0. The summed E-state index contributed by atoms with van der Waals surface area (Å²) in [5.41, 5.74) is 7.87. The highest BCUT2D eigenvalue weighted by Gasteiger charge is 2.35. The summed E-state index contributed by atoms with van der Waals surface area (Å²) in [5.74, 6) is 0.255. The second kappa shape index (κ2) is 6.25. The molecule has 1 heterocycles. The van der Waals surface area contributed by atoms with Crippen molar-refractivity contribution < 1.29 is 0 Å². The third-order valence-electron chi connectivity index (χ3n) is 4.03. The first-order valence-electron chi connectivity index (χ1n) is 6.57. The fraction of sp³-hybridized carbons (Fsp3) is 0.312. The van der Waals surface area contributed by atoms with E-state index in [2.05, 4.69) is 46.9 Å². The normalized spacial score (nSPS) is 15.7. The lowest BCUT2D eigenvalue weighted by Gasteiger charge is -2.35. The highest BCUT2D eigenvalue weighted by atomic mass is 79.9. The van der Waals surface area contributed by atoms with Crippen LogP contribution in [0, 0.1) is 5.92 Å². The summed E-state index contributed by atoms with van der Waals surface area (Å²) < 4.78 is 0.833. The fourth-order valence-corrected chi connectivity index (χ4v) is 2.88. The fourth-order valence-electron chi connectivity index (χ4n) is 2.41. The van der Waals surface area contributed by atoms with Gasteiger partial charge in [-0.05, 0) is 65.1 Å². The maximum absolute atomic E-state index is 6.00. The molecule has 2 N–H and O–H groups in total. The Hall–Kier alpha value is -0.900. The number of nitrogens with two attached hydrogens (primary N) is 1. The van der Waals surface area contributed by atoms with Crippen LogP contribution in [0.25, 0.3) is 0 Å². The SMILES string of the molecule is CC(CN)C(C)(c1ccc(Cl)cc1)c1cccc(Br)n1. The lowest BCUT2D eigenvalue weighted by Crippen LogP contribution is -2.37. The molecule has 0 amide bonds. The predicted octanol–water partition coefficient (Wildman–Crippen LogP) is 4.40. The Kier molecular flexibility index (Phi) is 4.84. The van der Waals surface area contributed by atoms with Crippen LogP contribution in [-0.4, -0.2) is 11.5 Å². The number of nitrogens with zero attached hydrogens (tertiary/aromatic N) is 1. The van der Waals surface area contributed by atoms with Gasteiger partial charge in [0.15, 0.2) is 0 Å². The summed E-state index contributed by atoms with van der Waals surface area (Å²) in [6.45, 7) is 4.92. The topological polar surface area (TPSA) is 38.9 Å². The minimum Gasteiger partial charge on any atom is -0.330 e.